The molecule has 0 aliphatic carbocycles. The predicted molar refractivity (Wildman–Crippen MR) is 110 cm³/mol. The van der Waals surface area contributed by atoms with Crippen LogP contribution in [-0.4, -0.2) is 33.0 Å². The molecule has 140 valence electrons. The van der Waals surface area contributed by atoms with E-state index in [1.807, 2.05) is 57.3 Å². The lowest BCUT2D eigenvalue weighted by Crippen LogP contribution is -2.28. The average molecular weight is 382 g/mol. The first-order chi connectivity index (χ1) is 12.9. The molecule has 2 aromatic heterocycles. The van der Waals surface area contributed by atoms with E-state index in [0.29, 0.717) is 29.4 Å². The molecule has 0 bridgehead atoms. The number of carbonyl (C=O) groups excluding carboxylic acids is 1. The molecule has 3 rings (SSSR count). The van der Waals surface area contributed by atoms with Gasteiger partial charge in [-0.05, 0) is 36.6 Å². The van der Waals surface area contributed by atoms with Crippen molar-refractivity contribution < 1.29 is 4.79 Å². The van der Waals surface area contributed by atoms with Crippen LogP contribution < -0.4 is 5.56 Å². The van der Waals surface area contributed by atoms with E-state index >= 15 is 0 Å². The molecule has 0 atom stereocenters. The molecule has 0 saturated heterocycles. The van der Waals surface area contributed by atoms with Gasteiger partial charge in [-0.3, -0.25) is 14.0 Å². The number of hydrogen-bond donors (Lipinski definition) is 0. The minimum atomic E-state index is -0.0951. The van der Waals surface area contributed by atoms with Gasteiger partial charge >= 0.3 is 0 Å². The van der Waals surface area contributed by atoms with Crippen molar-refractivity contribution in [3.8, 4) is 0 Å². The van der Waals surface area contributed by atoms with Crippen molar-refractivity contribution in [2.45, 2.75) is 26.1 Å². The second-order valence-electron chi connectivity index (χ2n) is 6.69. The van der Waals surface area contributed by atoms with Gasteiger partial charge in [0.05, 0.1) is 11.4 Å². The Kier molecular flexibility index (Phi) is 5.96. The smallest absolute Gasteiger partial charge is 0.258 e. The van der Waals surface area contributed by atoms with Gasteiger partial charge in [-0.2, -0.15) is 0 Å². The molecular formula is C21H23N3O2S. The molecule has 0 saturated carbocycles. The Morgan fingerprint density at radius 1 is 1.19 bits per heavy atom. The molecule has 6 heteroatoms. The number of benzene rings is 1. The fraction of sp³-hybridized carbons (Fsp3) is 0.286. The second kappa shape index (κ2) is 8.39. The zero-order valence-corrected chi connectivity index (χ0v) is 16.6. The summed E-state index contributed by atoms with van der Waals surface area (Å²) in [5.41, 5.74) is 4.58. The lowest BCUT2D eigenvalue weighted by Gasteiger charge is -2.18. The molecule has 0 N–H and O–H groups in total. The maximum atomic E-state index is 12.4. The number of thioether (sulfide) groups is 1. The number of hydrogen-bond acceptors (Lipinski definition) is 4. The van der Waals surface area contributed by atoms with Gasteiger partial charge < -0.3 is 4.90 Å². The highest BCUT2D eigenvalue weighted by molar-refractivity contribution is 7.99. The number of amides is 1. The maximum absolute atomic E-state index is 12.4. The fourth-order valence-corrected chi connectivity index (χ4v) is 3.67. The van der Waals surface area contributed by atoms with Gasteiger partial charge in [0, 0.05) is 31.6 Å². The van der Waals surface area contributed by atoms with E-state index in [2.05, 4.69) is 4.98 Å². The number of fused-ring (bicyclic) bond motifs is 1. The van der Waals surface area contributed by atoms with E-state index in [-0.39, 0.29) is 11.5 Å². The largest absolute Gasteiger partial charge is 0.341 e. The third-order valence-electron chi connectivity index (χ3n) is 4.43. The van der Waals surface area contributed by atoms with Crippen LogP contribution in [0.1, 0.15) is 22.4 Å². The molecule has 1 aromatic carbocycles. The van der Waals surface area contributed by atoms with Crippen LogP contribution in [0.4, 0.5) is 0 Å². The molecule has 2 heterocycles. The summed E-state index contributed by atoms with van der Waals surface area (Å²) in [5, 5.41) is 0. The van der Waals surface area contributed by atoms with Gasteiger partial charge in [0.2, 0.25) is 5.91 Å². The molecule has 0 radical (unpaired) electrons. The van der Waals surface area contributed by atoms with Gasteiger partial charge in [-0.25, -0.2) is 4.98 Å². The summed E-state index contributed by atoms with van der Waals surface area (Å²) >= 11 is 1.48. The molecule has 27 heavy (non-hydrogen) atoms. The van der Waals surface area contributed by atoms with Crippen LogP contribution in [0.5, 0.6) is 0 Å². The summed E-state index contributed by atoms with van der Waals surface area (Å²) in [4.78, 5) is 30.9. The van der Waals surface area contributed by atoms with E-state index in [1.165, 1.54) is 17.3 Å². The van der Waals surface area contributed by atoms with Crippen LogP contribution >= 0.6 is 11.8 Å². The summed E-state index contributed by atoms with van der Waals surface area (Å²) in [6, 6.07) is 13.4. The summed E-state index contributed by atoms with van der Waals surface area (Å²) in [6.45, 7) is 4.59. The molecule has 0 aliphatic rings. The Labute approximate surface area is 163 Å². The summed E-state index contributed by atoms with van der Waals surface area (Å²) < 4.78 is 1.55. The van der Waals surface area contributed by atoms with Crippen molar-refractivity contribution in [3.63, 3.8) is 0 Å². The number of rotatable bonds is 6. The lowest BCUT2D eigenvalue weighted by atomic mass is 10.1. The van der Waals surface area contributed by atoms with Crippen LogP contribution in [0.3, 0.4) is 0 Å². The van der Waals surface area contributed by atoms with Crippen LogP contribution in [0.15, 0.2) is 53.5 Å². The summed E-state index contributed by atoms with van der Waals surface area (Å²) in [7, 11) is 1.82. The fourth-order valence-electron chi connectivity index (χ4n) is 2.82. The maximum Gasteiger partial charge on any atom is 0.258 e. The highest BCUT2D eigenvalue weighted by Crippen LogP contribution is 2.14. The van der Waals surface area contributed by atoms with Gasteiger partial charge in [-0.1, -0.05) is 30.3 Å². The van der Waals surface area contributed by atoms with Gasteiger partial charge in [-0.15, -0.1) is 11.8 Å². The van der Waals surface area contributed by atoms with Crippen LogP contribution in [0.2, 0.25) is 0 Å². The molecule has 0 aliphatic heterocycles. The van der Waals surface area contributed by atoms with Crippen LogP contribution in [-0.2, 0) is 17.1 Å². The number of nitrogens with zero attached hydrogens (tertiary/aromatic N) is 3. The van der Waals surface area contributed by atoms with E-state index in [9.17, 15) is 9.59 Å². The zero-order chi connectivity index (χ0) is 19.4. The van der Waals surface area contributed by atoms with Crippen LogP contribution in [0, 0.1) is 13.8 Å². The van der Waals surface area contributed by atoms with Crippen molar-refractivity contribution in [1.82, 2.24) is 14.3 Å². The zero-order valence-electron chi connectivity index (χ0n) is 15.8. The number of pyridine rings is 1. The molecular weight excluding hydrogens is 358 g/mol. The number of aromatic nitrogens is 2. The first-order valence-corrected chi connectivity index (χ1v) is 9.94. The molecule has 0 spiro atoms. The number of carbonyl (C=O) groups is 1. The van der Waals surface area contributed by atoms with Gasteiger partial charge in [0.1, 0.15) is 5.65 Å². The van der Waals surface area contributed by atoms with Gasteiger partial charge in [0.25, 0.3) is 5.56 Å². The Morgan fingerprint density at radius 3 is 2.74 bits per heavy atom. The standard InChI is InChI=1S/C21H23N3O2S/c1-15-8-9-19-22-18(10-20(25)24(19)11-15)13-27-14-21(26)23(3)12-17-7-5-4-6-16(17)2/h4-11H,12-14H2,1-3H3. The Balaban J connectivity index is 1.58. The van der Waals surface area contributed by atoms with Crippen molar-refractivity contribution in [2.75, 3.05) is 12.8 Å². The average Bonchev–Trinajstić information content (AvgIpc) is 2.64. The quantitative estimate of drug-likeness (QED) is 0.658. The lowest BCUT2D eigenvalue weighted by molar-refractivity contribution is -0.127. The summed E-state index contributed by atoms with van der Waals surface area (Å²) in [6.07, 6.45) is 1.78. The van der Waals surface area contributed by atoms with Crippen LogP contribution in [0.25, 0.3) is 5.65 Å². The van der Waals surface area contributed by atoms with Crippen molar-refractivity contribution in [1.29, 1.82) is 0 Å². The third kappa shape index (κ3) is 4.77. The van der Waals surface area contributed by atoms with Crippen molar-refractivity contribution in [2.24, 2.45) is 0 Å². The Morgan fingerprint density at radius 2 is 1.96 bits per heavy atom. The number of aryl methyl sites for hydroxylation is 2. The highest BCUT2D eigenvalue weighted by atomic mass is 32.2. The minimum Gasteiger partial charge on any atom is -0.341 e. The van der Waals surface area contributed by atoms with Crippen molar-refractivity contribution >= 4 is 23.3 Å². The third-order valence-corrected chi connectivity index (χ3v) is 5.38. The SMILES string of the molecule is Cc1ccc2nc(CSCC(=O)N(C)Cc3ccccc3C)cc(=O)n2c1. The second-order valence-corrected chi connectivity index (χ2v) is 7.68. The van der Waals surface area contributed by atoms with Crippen molar-refractivity contribution in [3.05, 3.63) is 81.4 Å². The van der Waals surface area contributed by atoms with E-state index in [4.69, 9.17) is 0 Å². The Hall–Kier alpha value is -2.60. The van der Waals surface area contributed by atoms with E-state index in [1.54, 1.807) is 21.6 Å². The monoisotopic (exact) mass is 381 g/mol. The highest BCUT2D eigenvalue weighted by Gasteiger charge is 2.11. The van der Waals surface area contributed by atoms with Gasteiger partial charge in [0.15, 0.2) is 0 Å². The topological polar surface area (TPSA) is 54.7 Å². The van der Waals surface area contributed by atoms with E-state index < -0.39 is 0 Å². The minimum absolute atomic E-state index is 0.0661. The first kappa shape index (κ1) is 19.2. The van der Waals surface area contributed by atoms with E-state index in [0.717, 1.165) is 11.1 Å². The predicted octanol–water partition coefficient (Wildman–Crippen LogP) is 3.20. The summed E-state index contributed by atoms with van der Waals surface area (Å²) in [5.74, 6) is 0.956. The molecule has 3 aromatic rings. The first-order valence-electron chi connectivity index (χ1n) is 8.79. The molecule has 5 nitrogen and oxygen atoms in total. The molecule has 0 fully saturated rings. The Bertz CT molecular complexity index is 1030. The molecule has 0 unspecified atom stereocenters. The molecule has 1 amide bonds. The normalized spacial score (nSPS) is 10.9.